The molecule has 1 aromatic rings. The fraction of sp³-hybridized carbons (Fsp3) is 0.600. The van der Waals surface area contributed by atoms with Crippen LogP contribution in [0.5, 0.6) is 0 Å². The van der Waals surface area contributed by atoms with Crippen molar-refractivity contribution in [3.63, 3.8) is 0 Å². The highest BCUT2D eigenvalue weighted by atomic mass is 19.1. The Hall–Kier alpha value is -1.47. The van der Waals surface area contributed by atoms with Gasteiger partial charge in [-0.3, -0.25) is 4.57 Å². The Morgan fingerprint density at radius 1 is 1.82 bits per heavy atom. The van der Waals surface area contributed by atoms with Gasteiger partial charge in [-0.1, -0.05) is 6.92 Å². The first-order valence-corrected chi connectivity index (χ1v) is 5.22. The summed E-state index contributed by atoms with van der Waals surface area (Å²) in [5.74, 6) is -1.18. The van der Waals surface area contributed by atoms with Crippen LogP contribution in [0.15, 0.2) is 11.0 Å². The van der Waals surface area contributed by atoms with E-state index in [0.717, 1.165) is 10.8 Å². The van der Waals surface area contributed by atoms with E-state index in [9.17, 15) is 14.3 Å². The highest BCUT2D eigenvalue weighted by Gasteiger charge is 2.37. The SMILES string of the molecule is C[C@]1(CO)CO[C@H](n2cc(F)c(N)nc2=O)C1. The molecular formula is C10H14FN3O3. The minimum atomic E-state index is -0.759. The zero-order valence-electron chi connectivity index (χ0n) is 9.39. The van der Waals surface area contributed by atoms with E-state index in [2.05, 4.69) is 4.98 Å². The number of aliphatic hydroxyl groups is 1. The molecule has 0 unspecified atom stereocenters. The van der Waals surface area contributed by atoms with Crippen LogP contribution in [0.3, 0.4) is 0 Å². The van der Waals surface area contributed by atoms with Crippen LogP contribution in [0.1, 0.15) is 19.6 Å². The summed E-state index contributed by atoms with van der Waals surface area (Å²) >= 11 is 0. The van der Waals surface area contributed by atoms with Crippen molar-refractivity contribution in [3.8, 4) is 0 Å². The molecule has 1 aliphatic heterocycles. The van der Waals surface area contributed by atoms with E-state index >= 15 is 0 Å². The summed E-state index contributed by atoms with van der Waals surface area (Å²) in [5, 5.41) is 9.18. The second kappa shape index (κ2) is 4.08. The summed E-state index contributed by atoms with van der Waals surface area (Å²) in [6.45, 7) is 2.09. The molecular weight excluding hydrogens is 229 g/mol. The van der Waals surface area contributed by atoms with E-state index in [1.807, 2.05) is 6.92 Å². The largest absolute Gasteiger partial charge is 0.396 e. The maximum atomic E-state index is 13.2. The average molecular weight is 243 g/mol. The van der Waals surface area contributed by atoms with Crippen LogP contribution in [0.4, 0.5) is 10.2 Å². The fourth-order valence-electron chi connectivity index (χ4n) is 1.79. The molecule has 0 spiro atoms. The van der Waals surface area contributed by atoms with Gasteiger partial charge < -0.3 is 15.6 Å². The number of hydrogen-bond acceptors (Lipinski definition) is 5. The molecule has 2 rings (SSSR count). The van der Waals surface area contributed by atoms with Gasteiger partial charge in [0.2, 0.25) is 0 Å². The number of anilines is 1. The van der Waals surface area contributed by atoms with Gasteiger partial charge in [-0.05, 0) is 0 Å². The third-order valence-corrected chi connectivity index (χ3v) is 2.92. The van der Waals surface area contributed by atoms with Gasteiger partial charge in [0.25, 0.3) is 0 Å². The highest BCUT2D eigenvalue weighted by molar-refractivity contribution is 5.26. The molecule has 2 atom stereocenters. The van der Waals surface area contributed by atoms with Crippen LogP contribution in [0, 0.1) is 11.2 Å². The van der Waals surface area contributed by atoms with E-state index in [0.29, 0.717) is 13.0 Å². The molecule has 6 nitrogen and oxygen atoms in total. The predicted octanol–water partition coefficient (Wildman–Crippen LogP) is -0.118. The Balaban J connectivity index is 2.31. The standard InChI is InChI=1S/C10H14FN3O3/c1-10(4-15)2-7(17-5-10)14-3-6(11)8(12)13-9(14)16/h3,7,15H,2,4-5H2,1H3,(H2,12,13,16)/t7-,10-/m0/s1. The topological polar surface area (TPSA) is 90.4 Å². The lowest BCUT2D eigenvalue weighted by Gasteiger charge is -2.18. The van der Waals surface area contributed by atoms with Gasteiger partial charge in [-0.15, -0.1) is 0 Å². The molecule has 0 radical (unpaired) electrons. The van der Waals surface area contributed by atoms with Crippen molar-refractivity contribution >= 4 is 5.82 Å². The van der Waals surface area contributed by atoms with Gasteiger partial charge >= 0.3 is 5.69 Å². The number of nitrogens with two attached hydrogens (primary N) is 1. The number of hydrogen-bond donors (Lipinski definition) is 2. The third kappa shape index (κ3) is 2.16. The van der Waals surface area contributed by atoms with E-state index < -0.39 is 29.0 Å². The zero-order chi connectivity index (χ0) is 12.6. The average Bonchev–Trinajstić information content (AvgIpc) is 2.67. The number of ether oxygens (including phenoxy) is 1. The summed E-state index contributed by atoms with van der Waals surface area (Å²) in [4.78, 5) is 14.9. The quantitative estimate of drug-likeness (QED) is 0.755. The van der Waals surface area contributed by atoms with Gasteiger partial charge in [0.15, 0.2) is 11.6 Å². The fourth-order valence-corrected chi connectivity index (χ4v) is 1.79. The smallest absolute Gasteiger partial charge is 0.351 e. The number of nitrogens with zero attached hydrogens (tertiary/aromatic N) is 2. The highest BCUT2D eigenvalue weighted by Crippen LogP contribution is 2.36. The minimum Gasteiger partial charge on any atom is -0.396 e. The Morgan fingerprint density at radius 3 is 3.12 bits per heavy atom. The Labute approximate surface area is 96.8 Å². The second-order valence-electron chi connectivity index (χ2n) is 4.60. The lowest BCUT2D eigenvalue weighted by Crippen LogP contribution is -2.28. The van der Waals surface area contributed by atoms with Crippen LogP contribution in [-0.2, 0) is 4.74 Å². The first-order chi connectivity index (χ1) is 7.95. The zero-order valence-corrected chi connectivity index (χ0v) is 9.39. The Morgan fingerprint density at radius 2 is 2.53 bits per heavy atom. The van der Waals surface area contributed by atoms with Crippen molar-refractivity contribution in [2.24, 2.45) is 5.41 Å². The first-order valence-electron chi connectivity index (χ1n) is 5.22. The van der Waals surface area contributed by atoms with Crippen LogP contribution in [0.25, 0.3) is 0 Å². The molecule has 0 amide bonds. The lowest BCUT2D eigenvalue weighted by molar-refractivity contribution is 0.0409. The van der Waals surface area contributed by atoms with Crippen molar-refractivity contribution in [2.75, 3.05) is 18.9 Å². The molecule has 7 heteroatoms. The van der Waals surface area contributed by atoms with Crippen LogP contribution >= 0.6 is 0 Å². The molecule has 1 aliphatic rings. The van der Waals surface area contributed by atoms with Crippen molar-refractivity contribution in [1.29, 1.82) is 0 Å². The molecule has 0 bridgehead atoms. The molecule has 3 N–H and O–H groups in total. The van der Waals surface area contributed by atoms with Gasteiger partial charge in [-0.25, -0.2) is 9.18 Å². The number of nitrogen functional groups attached to an aromatic ring is 1. The maximum absolute atomic E-state index is 13.2. The predicted molar refractivity (Wildman–Crippen MR) is 57.7 cm³/mol. The molecule has 0 aromatic carbocycles. The van der Waals surface area contributed by atoms with Gasteiger partial charge in [0, 0.05) is 11.8 Å². The normalized spacial score (nSPS) is 28.5. The van der Waals surface area contributed by atoms with E-state index in [-0.39, 0.29) is 6.61 Å². The summed E-state index contributed by atoms with van der Waals surface area (Å²) in [5.41, 5.74) is 4.12. The van der Waals surface area contributed by atoms with Crippen molar-refractivity contribution < 1.29 is 14.2 Å². The van der Waals surface area contributed by atoms with E-state index in [1.165, 1.54) is 0 Å². The molecule has 2 heterocycles. The molecule has 1 saturated heterocycles. The lowest BCUT2D eigenvalue weighted by atomic mass is 9.90. The number of aliphatic hydroxyl groups excluding tert-OH is 1. The third-order valence-electron chi connectivity index (χ3n) is 2.92. The number of aromatic nitrogens is 2. The molecule has 1 fully saturated rings. The number of rotatable bonds is 2. The number of halogens is 1. The van der Waals surface area contributed by atoms with Crippen LogP contribution in [0.2, 0.25) is 0 Å². The molecule has 17 heavy (non-hydrogen) atoms. The maximum Gasteiger partial charge on any atom is 0.351 e. The van der Waals surface area contributed by atoms with Gasteiger partial charge in [-0.2, -0.15) is 4.98 Å². The first kappa shape index (κ1) is 12.0. The molecule has 0 saturated carbocycles. The van der Waals surface area contributed by atoms with E-state index in [4.69, 9.17) is 10.5 Å². The van der Waals surface area contributed by atoms with Crippen LogP contribution in [-0.4, -0.2) is 27.9 Å². The summed E-state index contributed by atoms with van der Waals surface area (Å²) in [7, 11) is 0. The molecule has 0 aliphatic carbocycles. The van der Waals surface area contributed by atoms with E-state index in [1.54, 1.807) is 0 Å². The van der Waals surface area contributed by atoms with Crippen molar-refractivity contribution in [2.45, 2.75) is 19.6 Å². The second-order valence-corrected chi connectivity index (χ2v) is 4.60. The monoisotopic (exact) mass is 243 g/mol. The minimum absolute atomic E-state index is 0.0524. The summed E-state index contributed by atoms with van der Waals surface area (Å²) in [6.07, 6.45) is 0.801. The van der Waals surface area contributed by atoms with Gasteiger partial charge in [0.05, 0.1) is 19.4 Å². The van der Waals surface area contributed by atoms with Gasteiger partial charge in [0.1, 0.15) is 6.23 Å². The summed E-state index contributed by atoms with van der Waals surface area (Å²) < 4.78 is 19.7. The molecule has 1 aromatic heterocycles. The van der Waals surface area contributed by atoms with Crippen LogP contribution < -0.4 is 11.4 Å². The Kier molecular flexibility index (Phi) is 2.88. The summed E-state index contributed by atoms with van der Waals surface area (Å²) in [6, 6.07) is 0. The van der Waals surface area contributed by atoms with Crippen molar-refractivity contribution in [1.82, 2.24) is 9.55 Å². The van der Waals surface area contributed by atoms with Crippen molar-refractivity contribution in [3.05, 3.63) is 22.5 Å². The Bertz CT molecular complexity index is 490. The molecule has 94 valence electrons.